The van der Waals surface area contributed by atoms with Crippen LogP contribution in [0.4, 0.5) is 10.1 Å². The van der Waals surface area contributed by atoms with Crippen LogP contribution in [-0.2, 0) is 17.6 Å². The molecule has 0 saturated carbocycles. The number of amides is 1. The predicted octanol–water partition coefficient (Wildman–Crippen LogP) is 2.46. The van der Waals surface area contributed by atoms with Crippen LogP contribution < -0.4 is 4.90 Å². The molecule has 0 saturated heterocycles. The summed E-state index contributed by atoms with van der Waals surface area (Å²) >= 11 is 0. The van der Waals surface area contributed by atoms with Crippen molar-refractivity contribution in [3.8, 4) is 0 Å². The molecule has 1 heterocycles. The molecule has 1 aromatic carbocycles. The lowest BCUT2D eigenvalue weighted by Crippen LogP contribution is -2.32. The van der Waals surface area contributed by atoms with Crippen molar-refractivity contribution in [1.29, 1.82) is 0 Å². The van der Waals surface area contributed by atoms with Crippen LogP contribution in [-0.4, -0.2) is 13.0 Å². The maximum atomic E-state index is 13.7. The Morgan fingerprint density at radius 3 is 2.94 bits per heavy atom. The number of aryl methyl sites for hydroxylation is 1. The van der Waals surface area contributed by atoms with E-state index in [0.717, 1.165) is 11.3 Å². The van der Waals surface area contributed by atoms with Crippen molar-refractivity contribution in [1.82, 2.24) is 0 Å². The van der Waals surface area contributed by atoms with Crippen LogP contribution in [0.25, 0.3) is 0 Å². The van der Waals surface area contributed by atoms with E-state index in [0.29, 0.717) is 24.8 Å². The molecule has 1 aliphatic heterocycles. The molecule has 0 N–H and O–H groups in total. The highest BCUT2D eigenvalue weighted by molar-refractivity contribution is 5.96. The number of hydrogen-bond acceptors (Lipinski definition) is 1. The number of fused-ring (bicyclic) bond motifs is 1. The first-order valence-corrected chi connectivity index (χ1v) is 5.33. The summed E-state index contributed by atoms with van der Waals surface area (Å²) in [5.41, 5.74) is 2.35. The summed E-state index contributed by atoms with van der Waals surface area (Å²) in [5, 5.41) is 0. The maximum Gasteiger partial charge on any atom is 0.227 e. The van der Waals surface area contributed by atoms with Crippen LogP contribution in [0, 0.1) is 5.82 Å². The average Bonchev–Trinajstić information content (AvgIpc) is 2.27. The zero-order valence-corrected chi connectivity index (χ0v) is 9.29. The topological polar surface area (TPSA) is 20.3 Å². The Morgan fingerprint density at radius 2 is 2.25 bits per heavy atom. The highest BCUT2D eigenvalue weighted by Gasteiger charge is 2.24. The van der Waals surface area contributed by atoms with Crippen LogP contribution in [0.15, 0.2) is 24.8 Å². The molecule has 1 amide bonds. The molecule has 0 atom stereocenters. The van der Waals surface area contributed by atoms with Crippen LogP contribution in [0.5, 0.6) is 0 Å². The first-order chi connectivity index (χ1) is 7.65. The molecule has 2 nitrogen and oxygen atoms in total. The molecule has 0 fully saturated rings. The molecule has 0 unspecified atom stereocenters. The number of benzene rings is 1. The SMILES string of the molecule is C=CCc1c(F)ccc2c1N(C)C(=O)CC2. The molecule has 2 rings (SSSR count). The van der Waals surface area contributed by atoms with Gasteiger partial charge in [0.15, 0.2) is 0 Å². The number of carbonyl (C=O) groups excluding carboxylic acids is 1. The molecule has 1 aliphatic rings. The van der Waals surface area contributed by atoms with E-state index in [2.05, 4.69) is 6.58 Å². The second kappa shape index (κ2) is 4.08. The van der Waals surface area contributed by atoms with Gasteiger partial charge in [-0.15, -0.1) is 6.58 Å². The number of halogens is 1. The smallest absolute Gasteiger partial charge is 0.227 e. The van der Waals surface area contributed by atoms with Gasteiger partial charge in [0.1, 0.15) is 5.82 Å². The molecule has 0 radical (unpaired) electrons. The summed E-state index contributed by atoms with van der Waals surface area (Å²) in [4.78, 5) is 13.2. The monoisotopic (exact) mass is 219 g/mol. The second-order valence-electron chi connectivity index (χ2n) is 3.98. The minimum atomic E-state index is -0.264. The molecular weight excluding hydrogens is 205 g/mol. The lowest BCUT2D eigenvalue weighted by molar-refractivity contribution is -0.118. The lowest BCUT2D eigenvalue weighted by Gasteiger charge is -2.28. The lowest BCUT2D eigenvalue weighted by atomic mass is 9.96. The van der Waals surface area contributed by atoms with Gasteiger partial charge in [0, 0.05) is 19.0 Å². The number of anilines is 1. The third-order valence-corrected chi connectivity index (χ3v) is 2.98. The summed E-state index contributed by atoms with van der Waals surface area (Å²) in [6.07, 6.45) is 3.31. The van der Waals surface area contributed by atoms with Gasteiger partial charge in [0.2, 0.25) is 5.91 Å². The molecule has 16 heavy (non-hydrogen) atoms. The van der Waals surface area contributed by atoms with Gasteiger partial charge in [-0.2, -0.15) is 0 Å². The minimum Gasteiger partial charge on any atom is -0.315 e. The molecule has 3 heteroatoms. The molecule has 0 aliphatic carbocycles. The molecule has 0 spiro atoms. The van der Waals surface area contributed by atoms with Gasteiger partial charge in [-0.3, -0.25) is 4.79 Å². The van der Waals surface area contributed by atoms with Crippen molar-refractivity contribution in [3.63, 3.8) is 0 Å². The fourth-order valence-corrected chi connectivity index (χ4v) is 2.15. The van der Waals surface area contributed by atoms with Crippen molar-refractivity contribution in [3.05, 3.63) is 41.7 Å². The van der Waals surface area contributed by atoms with E-state index >= 15 is 0 Å². The zero-order chi connectivity index (χ0) is 11.7. The Hall–Kier alpha value is -1.64. The van der Waals surface area contributed by atoms with Crippen LogP contribution in [0.1, 0.15) is 17.5 Å². The van der Waals surface area contributed by atoms with E-state index in [-0.39, 0.29) is 11.7 Å². The first-order valence-electron chi connectivity index (χ1n) is 5.33. The Balaban J connectivity index is 2.60. The number of hydrogen-bond donors (Lipinski definition) is 0. The maximum absolute atomic E-state index is 13.7. The van der Waals surface area contributed by atoms with Crippen LogP contribution in [0.2, 0.25) is 0 Å². The first kappa shape index (κ1) is 10.9. The minimum absolute atomic E-state index is 0.0448. The van der Waals surface area contributed by atoms with E-state index in [4.69, 9.17) is 0 Å². The van der Waals surface area contributed by atoms with E-state index in [1.54, 1.807) is 24.1 Å². The molecular formula is C13H14FNO. The van der Waals surface area contributed by atoms with Gasteiger partial charge in [0.25, 0.3) is 0 Å². The fourth-order valence-electron chi connectivity index (χ4n) is 2.15. The summed E-state index contributed by atoms with van der Waals surface area (Å²) < 4.78 is 13.7. The van der Waals surface area contributed by atoms with Crippen LogP contribution in [0.3, 0.4) is 0 Å². The predicted molar refractivity (Wildman–Crippen MR) is 62.0 cm³/mol. The highest BCUT2D eigenvalue weighted by Crippen LogP contribution is 2.32. The van der Waals surface area contributed by atoms with Gasteiger partial charge in [-0.25, -0.2) is 4.39 Å². The molecule has 0 bridgehead atoms. The molecule has 84 valence electrons. The number of allylic oxidation sites excluding steroid dienone is 1. The number of carbonyl (C=O) groups is 1. The van der Waals surface area contributed by atoms with Crippen molar-refractivity contribution >= 4 is 11.6 Å². The van der Waals surface area contributed by atoms with E-state index < -0.39 is 0 Å². The summed E-state index contributed by atoms with van der Waals surface area (Å²) in [6.45, 7) is 3.62. The summed E-state index contributed by atoms with van der Waals surface area (Å²) in [6, 6.07) is 3.24. The van der Waals surface area contributed by atoms with Gasteiger partial charge in [-0.1, -0.05) is 12.1 Å². The Kier molecular flexibility index (Phi) is 2.77. The summed E-state index contributed by atoms with van der Waals surface area (Å²) in [5.74, 6) is -0.219. The quantitative estimate of drug-likeness (QED) is 0.700. The van der Waals surface area contributed by atoms with Gasteiger partial charge in [0.05, 0.1) is 5.69 Å². The van der Waals surface area contributed by atoms with E-state index in [1.807, 2.05) is 0 Å². The Labute approximate surface area is 94.4 Å². The normalized spacial score (nSPS) is 14.9. The summed E-state index contributed by atoms with van der Waals surface area (Å²) in [7, 11) is 1.70. The standard InChI is InChI=1S/C13H14FNO/c1-3-4-10-11(14)7-5-9-6-8-12(16)15(2)13(9)10/h3,5,7H,1,4,6,8H2,2H3. The largest absolute Gasteiger partial charge is 0.315 e. The van der Waals surface area contributed by atoms with E-state index in [9.17, 15) is 9.18 Å². The highest BCUT2D eigenvalue weighted by atomic mass is 19.1. The third kappa shape index (κ3) is 1.62. The number of nitrogens with zero attached hydrogens (tertiary/aromatic N) is 1. The van der Waals surface area contributed by atoms with Crippen LogP contribution >= 0.6 is 0 Å². The van der Waals surface area contributed by atoms with Crippen molar-refractivity contribution in [2.24, 2.45) is 0 Å². The molecule has 0 aromatic heterocycles. The van der Waals surface area contributed by atoms with Crippen molar-refractivity contribution < 1.29 is 9.18 Å². The fraction of sp³-hybridized carbons (Fsp3) is 0.308. The average molecular weight is 219 g/mol. The van der Waals surface area contributed by atoms with Crippen molar-refractivity contribution in [2.75, 3.05) is 11.9 Å². The van der Waals surface area contributed by atoms with E-state index in [1.165, 1.54) is 6.07 Å². The Morgan fingerprint density at radius 1 is 1.50 bits per heavy atom. The third-order valence-electron chi connectivity index (χ3n) is 2.98. The van der Waals surface area contributed by atoms with Crippen molar-refractivity contribution in [2.45, 2.75) is 19.3 Å². The number of rotatable bonds is 2. The van der Waals surface area contributed by atoms with Gasteiger partial charge < -0.3 is 4.90 Å². The van der Waals surface area contributed by atoms with Gasteiger partial charge >= 0.3 is 0 Å². The Bertz CT molecular complexity index is 453. The second-order valence-corrected chi connectivity index (χ2v) is 3.98. The molecule has 1 aromatic rings. The zero-order valence-electron chi connectivity index (χ0n) is 9.29. The van der Waals surface area contributed by atoms with Gasteiger partial charge in [-0.05, 0) is 24.5 Å².